The first-order valence-corrected chi connectivity index (χ1v) is 21.0. The summed E-state index contributed by atoms with van der Waals surface area (Å²) >= 11 is 6.29. The highest BCUT2D eigenvalue weighted by molar-refractivity contribution is 6.30. The van der Waals surface area contributed by atoms with E-state index in [4.69, 9.17) is 21.7 Å². The Morgan fingerprint density at radius 2 is 1.65 bits per heavy atom. The monoisotopic (exact) mass is 822 g/mol. The number of amides is 3. The van der Waals surface area contributed by atoms with Gasteiger partial charge in [-0.05, 0) is 92.6 Å². The van der Waals surface area contributed by atoms with Crippen LogP contribution >= 0.6 is 11.6 Å². The summed E-state index contributed by atoms with van der Waals surface area (Å²) in [6.07, 6.45) is 12.6. The first-order chi connectivity index (χ1) is 29.2. The van der Waals surface area contributed by atoms with E-state index in [2.05, 4.69) is 60.1 Å². The third-order valence-electron chi connectivity index (χ3n) is 12.0. The van der Waals surface area contributed by atoms with Crippen LogP contribution in [0, 0.1) is 6.92 Å². The third kappa shape index (κ3) is 7.16. The predicted octanol–water partition coefficient (Wildman–Crippen LogP) is 6.16. The lowest BCUT2D eigenvalue weighted by Gasteiger charge is -2.29. The zero-order valence-electron chi connectivity index (χ0n) is 33.1. The van der Waals surface area contributed by atoms with E-state index in [0.29, 0.717) is 30.1 Å². The summed E-state index contributed by atoms with van der Waals surface area (Å²) in [6.45, 7) is 4.44. The Bertz CT molecular complexity index is 2690. The van der Waals surface area contributed by atoms with E-state index in [-0.39, 0.29) is 23.8 Å². The van der Waals surface area contributed by atoms with Gasteiger partial charge in [-0.25, -0.2) is 0 Å². The fraction of sp³-hybridized carbons (Fsp3) is 0.341. The molecule has 60 heavy (non-hydrogen) atoms. The summed E-state index contributed by atoms with van der Waals surface area (Å²) in [7, 11) is 0. The topological polar surface area (TPSA) is 170 Å². The Balaban J connectivity index is 0.711. The number of nitrogens with one attached hydrogen (secondary N) is 2. The van der Waals surface area contributed by atoms with Gasteiger partial charge in [0.05, 0.1) is 30.3 Å². The standard InChI is InChI=1S/C44H43ClN12O3/c1-27-50-52-43-44(16-17-44)49-40(28-6-9-32(45)10-7-28)36-21-29(8-13-37(36)57(27)43)31-22-47-54(24-31)18-4-2-3-5-19-55-26-34(51-53-55)23-46-33-11-12-35-30(20-33)25-56(42(35)60)38-14-15-39(58)48-41(38)59/h6-13,20-22,24,26,38,46H,2-5,14-19,23,25H2,1H3,(H,48,58,59). The number of halogens is 1. The molecule has 1 saturated heterocycles. The molecule has 4 aliphatic rings. The number of aryl methyl sites for hydroxylation is 3. The van der Waals surface area contributed by atoms with Crippen LogP contribution in [0.1, 0.15) is 95.8 Å². The normalized spacial score (nSPS) is 17.6. The van der Waals surface area contributed by atoms with E-state index in [1.54, 1.807) is 11.0 Å². The van der Waals surface area contributed by atoms with Crippen molar-refractivity contribution in [2.75, 3.05) is 5.32 Å². The number of hydrogen-bond acceptors (Lipinski definition) is 10. The molecule has 3 aromatic heterocycles. The number of imide groups is 1. The van der Waals surface area contributed by atoms with Crippen molar-refractivity contribution in [2.24, 2.45) is 4.99 Å². The lowest BCUT2D eigenvalue weighted by molar-refractivity contribution is -0.136. The molecule has 1 spiro atoms. The molecule has 3 aromatic carbocycles. The summed E-state index contributed by atoms with van der Waals surface area (Å²) in [5.41, 5.74) is 8.90. The number of anilines is 1. The number of carbonyl (C=O) groups excluding carboxylic acids is 3. The van der Waals surface area contributed by atoms with Crippen LogP contribution in [0.25, 0.3) is 16.8 Å². The van der Waals surface area contributed by atoms with Gasteiger partial charge in [0.15, 0.2) is 5.82 Å². The highest BCUT2D eigenvalue weighted by Crippen LogP contribution is 2.52. The van der Waals surface area contributed by atoms with Crippen LogP contribution in [0.2, 0.25) is 5.02 Å². The van der Waals surface area contributed by atoms with Crippen LogP contribution in [0.4, 0.5) is 5.69 Å². The number of fused-ring (bicyclic) bond motifs is 5. The van der Waals surface area contributed by atoms with Crippen molar-refractivity contribution < 1.29 is 14.4 Å². The lowest BCUT2D eigenvalue weighted by Crippen LogP contribution is -2.52. The molecule has 0 radical (unpaired) electrons. The predicted molar refractivity (Wildman–Crippen MR) is 224 cm³/mol. The maximum atomic E-state index is 13.0. The average molecular weight is 823 g/mol. The maximum Gasteiger partial charge on any atom is 0.255 e. The number of nitrogens with zero attached hydrogens (tertiary/aromatic N) is 10. The first kappa shape index (κ1) is 37.8. The summed E-state index contributed by atoms with van der Waals surface area (Å²) < 4.78 is 6.08. The minimum Gasteiger partial charge on any atom is -0.379 e. The lowest BCUT2D eigenvalue weighted by atomic mass is 9.96. The second-order valence-electron chi connectivity index (χ2n) is 16.1. The Hall–Kier alpha value is -6.48. The van der Waals surface area contributed by atoms with Crippen molar-refractivity contribution in [2.45, 2.75) is 96.1 Å². The van der Waals surface area contributed by atoms with Gasteiger partial charge < -0.3 is 10.2 Å². The Kier molecular flexibility index (Phi) is 9.62. The van der Waals surface area contributed by atoms with Crippen molar-refractivity contribution in [3.05, 3.63) is 124 Å². The van der Waals surface area contributed by atoms with Crippen molar-refractivity contribution in [3.63, 3.8) is 0 Å². The van der Waals surface area contributed by atoms with Crippen molar-refractivity contribution in [1.29, 1.82) is 0 Å². The van der Waals surface area contributed by atoms with E-state index >= 15 is 0 Å². The number of unbranched alkanes of at least 4 members (excludes halogenated alkanes) is 3. The largest absolute Gasteiger partial charge is 0.379 e. The molecule has 304 valence electrons. The Morgan fingerprint density at radius 1 is 0.850 bits per heavy atom. The van der Waals surface area contributed by atoms with E-state index in [0.717, 1.165) is 114 Å². The van der Waals surface area contributed by atoms with Gasteiger partial charge in [-0.15, -0.1) is 15.3 Å². The van der Waals surface area contributed by atoms with Crippen LogP contribution < -0.4 is 10.6 Å². The zero-order chi connectivity index (χ0) is 41.0. The van der Waals surface area contributed by atoms with Crippen LogP contribution in [-0.4, -0.2) is 73.9 Å². The second kappa shape index (κ2) is 15.3. The van der Waals surface area contributed by atoms with Gasteiger partial charge in [0.25, 0.3) is 5.91 Å². The highest BCUT2D eigenvalue weighted by atomic mass is 35.5. The number of carbonyl (C=O) groups is 3. The van der Waals surface area contributed by atoms with Crippen molar-refractivity contribution in [1.82, 2.24) is 49.8 Å². The van der Waals surface area contributed by atoms with Crippen molar-refractivity contribution >= 4 is 40.7 Å². The molecule has 6 aromatic rings. The molecule has 1 saturated carbocycles. The van der Waals surface area contributed by atoms with Crippen LogP contribution in [0.15, 0.2) is 84.2 Å². The van der Waals surface area contributed by atoms with Gasteiger partial charge in [0.2, 0.25) is 11.8 Å². The van der Waals surface area contributed by atoms with Gasteiger partial charge in [-0.1, -0.05) is 47.9 Å². The molecule has 1 unspecified atom stereocenters. The fourth-order valence-corrected chi connectivity index (χ4v) is 8.73. The summed E-state index contributed by atoms with van der Waals surface area (Å²) in [5.74, 6) is 0.862. The number of hydrogen-bond donors (Lipinski definition) is 2. The molecule has 6 heterocycles. The maximum absolute atomic E-state index is 13.0. The molecule has 10 rings (SSSR count). The van der Waals surface area contributed by atoms with E-state index in [9.17, 15) is 14.4 Å². The van der Waals surface area contributed by atoms with Gasteiger partial charge in [-0.3, -0.25) is 38.6 Å². The second-order valence-corrected chi connectivity index (χ2v) is 16.6. The number of aliphatic imine (C=N–C) groups is 1. The molecule has 16 heteroatoms. The Morgan fingerprint density at radius 3 is 2.45 bits per heavy atom. The molecule has 3 aliphatic heterocycles. The Labute approximate surface area is 350 Å². The smallest absolute Gasteiger partial charge is 0.255 e. The molecule has 1 atom stereocenters. The molecule has 0 bridgehead atoms. The fourth-order valence-electron chi connectivity index (χ4n) is 8.60. The minimum atomic E-state index is -0.630. The number of benzene rings is 3. The van der Waals surface area contributed by atoms with Gasteiger partial charge in [-0.2, -0.15) is 5.10 Å². The number of piperidine rings is 1. The van der Waals surface area contributed by atoms with Crippen LogP contribution in [0.3, 0.4) is 0 Å². The molecule has 2 fully saturated rings. The molecule has 1 aliphatic carbocycles. The number of rotatable bonds is 13. The van der Waals surface area contributed by atoms with E-state index < -0.39 is 11.9 Å². The zero-order valence-corrected chi connectivity index (χ0v) is 33.9. The van der Waals surface area contributed by atoms with Gasteiger partial charge >= 0.3 is 0 Å². The highest BCUT2D eigenvalue weighted by Gasteiger charge is 2.51. The average Bonchev–Trinajstić information content (AvgIpc) is 3.58. The SMILES string of the molecule is Cc1nnc2n1-c1ccc(-c3cnn(CCCCCCn4cc(CNc5ccc6c(c5)CN(C5CCC(=O)NC5=O)C6=O)nn4)c3)cc1C(c1ccc(Cl)cc1)=NC21CC1. The minimum absolute atomic E-state index is 0.184. The van der Waals surface area contributed by atoms with Crippen LogP contribution in [0.5, 0.6) is 0 Å². The van der Waals surface area contributed by atoms with E-state index in [1.165, 1.54) is 0 Å². The molecule has 2 N–H and O–H groups in total. The third-order valence-corrected chi connectivity index (χ3v) is 12.2. The summed E-state index contributed by atoms with van der Waals surface area (Å²) in [5, 5.41) is 28.9. The summed E-state index contributed by atoms with van der Waals surface area (Å²) in [4.78, 5) is 43.9. The van der Waals surface area contributed by atoms with Gasteiger partial charge in [0.1, 0.15) is 23.1 Å². The molecule has 15 nitrogen and oxygen atoms in total. The first-order valence-electron chi connectivity index (χ1n) is 20.6. The summed E-state index contributed by atoms with van der Waals surface area (Å²) in [6, 6.07) is 19.4. The van der Waals surface area contributed by atoms with E-state index in [1.807, 2.05) is 65.1 Å². The van der Waals surface area contributed by atoms with Crippen LogP contribution in [-0.2, 0) is 41.3 Å². The number of aromatic nitrogens is 8. The molecular formula is C44H43ClN12O3. The van der Waals surface area contributed by atoms with Crippen molar-refractivity contribution in [3.8, 4) is 16.8 Å². The quantitative estimate of drug-likeness (QED) is 0.102. The van der Waals surface area contributed by atoms with Gasteiger partial charge in [0, 0.05) is 65.2 Å². The molecular weight excluding hydrogens is 780 g/mol. The molecule has 3 amide bonds.